The Morgan fingerprint density at radius 3 is 2.87 bits per heavy atom. The molecule has 3 rings (SSSR count). The van der Waals surface area contributed by atoms with Crippen LogP contribution in [0.25, 0.3) is 0 Å². The molecule has 0 radical (unpaired) electrons. The monoisotopic (exact) mass is 330 g/mol. The Morgan fingerprint density at radius 2 is 2.13 bits per heavy atom. The van der Waals surface area contributed by atoms with Crippen molar-refractivity contribution in [1.82, 2.24) is 15.4 Å². The van der Waals surface area contributed by atoms with Crippen LogP contribution in [-0.4, -0.2) is 26.6 Å². The summed E-state index contributed by atoms with van der Waals surface area (Å²) in [6.07, 6.45) is 6.80. The number of benzene rings is 1. The highest BCUT2D eigenvalue weighted by atomic mass is 32.2. The molecule has 1 aliphatic rings. The predicted molar refractivity (Wildman–Crippen MR) is 93.7 cm³/mol. The quantitative estimate of drug-likeness (QED) is 0.871. The van der Waals surface area contributed by atoms with Gasteiger partial charge < -0.3 is 5.32 Å². The smallest absolute Gasteiger partial charge is 0.278 e. The first-order valence-electron chi connectivity index (χ1n) is 8.11. The van der Waals surface area contributed by atoms with Crippen LogP contribution in [0.5, 0.6) is 0 Å². The van der Waals surface area contributed by atoms with E-state index in [0.717, 1.165) is 16.7 Å². The van der Waals surface area contributed by atoms with E-state index in [1.807, 2.05) is 30.0 Å². The fraction of sp³-hybridized carbons (Fsp3) is 0.471. The fourth-order valence-corrected chi connectivity index (χ4v) is 4.15. The molecule has 2 aromatic rings. The van der Waals surface area contributed by atoms with E-state index in [9.17, 15) is 4.79 Å². The Kier molecular flexibility index (Phi) is 5.33. The number of carbonyl (C=O) groups excluding carboxylic acids is 1. The van der Waals surface area contributed by atoms with Gasteiger partial charge in [-0.05, 0) is 37.5 Å². The van der Waals surface area contributed by atoms with Crippen LogP contribution in [0.3, 0.4) is 0 Å². The Labute approximate surface area is 140 Å². The molecule has 1 aliphatic carbocycles. The van der Waals surface area contributed by atoms with Crippen molar-refractivity contribution in [3.05, 3.63) is 41.2 Å². The molecule has 1 heterocycles. The van der Waals surface area contributed by atoms with E-state index in [1.165, 1.54) is 37.7 Å². The number of anilines is 1. The van der Waals surface area contributed by atoms with Crippen LogP contribution in [-0.2, 0) is 5.75 Å². The van der Waals surface area contributed by atoms with Crippen molar-refractivity contribution in [2.45, 2.75) is 50.0 Å². The molecule has 0 atom stereocenters. The highest BCUT2D eigenvalue weighted by molar-refractivity contribution is 7.99. The van der Waals surface area contributed by atoms with Crippen molar-refractivity contribution in [3.8, 4) is 0 Å². The van der Waals surface area contributed by atoms with Crippen LogP contribution in [0, 0.1) is 6.92 Å². The first kappa shape index (κ1) is 16.1. The Hall–Kier alpha value is -1.82. The van der Waals surface area contributed by atoms with Gasteiger partial charge in [-0.2, -0.15) is 27.2 Å². The molecule has 1 aromatic carbocycles. The van der Waals surface area contributed by atoms with Gasteiger partial charge in [0.05, 0.1) is 5.69 Å². The van der Waals surface area contributed by atoms with E-state index in [0.29, 0.717) is 11.4 Å². The number of nitrogens with one attached hydrogen (secondary N) is 2. The van der Waals surface area contributed by atoms with Gasteiger partial charge in [-0.3, -0.25) is 4.79 Å². The molecule has 23 heavy (non-hydrogen) atoms. The number of carbonyl (C=O) groups is 1. The standard InChI is InChI=1S/C17H22N4OS/c1-12-16(20-21-19-12)17(22)18-14-7-5-6-13(10-14)11-23-15-8-3-2-4-9-15/h5-7,10,15H,2-4,8-9,11H2,1H3,(H,18,22)(H,19,20,21). The number of aromatic nitrogens is 3. The van der Waals surface area contributed by atoms with Gasteiger partial charge in [0.2, 0.25) is 0 Å². The van der Waals surface area contributed by atoms with E-state index in [2.05, 4.69) is 26.8 Å². The van der Waals surface area contributed by atoms with E-state index < -0.39 is 0 Å². The second-order valence-corrected chi connectivity index (χ2v) is 7.27. The summed E-state index contributed by atoms with van der Waals surface area (Å²) < 4.78 is 0. The maximum Gasteiger partial charge on any atom is 0.278 e. The third kappa shape index (κ3) is 4.34. The van der Waals surface area contributed by atoms with Gasteiger partial charge in [-0.1, -0.05) is 31.4 Å². The molecule has 0 spiro atoms. The van der Waals surface area contributed by atoms with E-state index in [-0.39, 0.29) is 5.91 Å². The minimum Gasteiger partial charge on any atom is -0.321 e. The van der Waals surface area contributed by atoms with Gasteiger partial charge >= 0.3 is 0 Å². The van der Waals surface area contributed by atoms with Crippen molar-refractivity contribution in [2.75, 3.05) is 5.32 Å². The molecule has 1 amide bonds. The minimum absolute atomic E-state index is 0.228. The highest BCUT2D eigenvalue weighted by Gasteiger charge is 2.15. The highest BCUT2D eigenvalue weighted by Crippen LogP contribution is 2.30. The normalized spacial score (nSPS) is 15.5. The number of hydrogen-bond donors (Lipinski definition) is 2. The molecule has 1 fully saturated rings. The summed E-state index contributed by atoms with van der Waals surface area (Å²) in [5.74, 6) is 0.769. The lowest BCUT2D eigenvalue weighted by atomic mass is 10.0. The molecule has 0 saturated heterocycles. The summed E-state index contributed by atoms with van der Waals surface area (Å²) in [5.41, 5.74) is 2.99. The lowest BCUT2D eigenvalue weighted by molar-refractivity contribution is 0.102. The van der Waals surface area contributed by atoms with Gasteiger partial charge in [0.25, 0.3) is 5.91 Å². The summed E-state index contributed by atoms with van der Waals surface area (Å²) in [4.78, 5) is 12.2. The van der Waals surface area contributed by atoms with Gasteiger partial charge in [-0.25, -0.2) is 0 Å². The average molecular weight is 330 g/mol. The lowest BCUT2D eigenvalue weighted by Crippen LogP contribution is -2.14. The van der Waals surface area contributed by atoms with Crippen LogP contribution < -0.4 is 5.32 Å². The Balaban J connectivity index is 1.58. The molecule has 0 bridgehead atoms. The number of thioether (sulfide) groups is 1. The molecule has 1 saturated carbocycles. The third-order valence-electron chi connectivity index (χ3n) is 4.16. The van der Waals surface area contributed by atoms with Crippen LogP contribution in [0.15, 0.2) is 24.3 Å². The zero-order valence-corrected chi connectivity index (χ0v) is 14.2. The molecule has 5 nitrogen and oxygen atoms in total. The molecule has 122 valence electrons. The minimum atomic E-state index is -0.228. The van der Waals surface area contributed by atoms with Gasteiger partial charge in [0, 0.05) is 16.7 Å². The fourth-order valence-electron chi connectivity index (χ4n) is 2.87. The SMILES string of the molecule is Cc1n[nH]nc1C(=O)Nc1cccc(CSC2CCCCC2)c1. The first-order valence-corrected chi connectivity index (χ1v) is 9.16. The van der Waals surface area contributed by atoms with Crippen molar-refractivity contribution in [3.63, 3.8) is 0 Å². The number of rotatable bonds is 5. The molecule has 0 unspecified atom stereocenters. The molecular weight excluding hydrogens is 308 g/mol. The predicted octanol–water partition coefficient (Wildman–Crippen LogP) is 3.93. The summed E-state index contributed by atoms with van der Waals surface area (Å²) >= 11 is 2.04. The molecule has 1 aromatic heterocycles. The van der Waals surface area contributed by atoms with Crippen molar-refractivity contribution in [2.24, 2.45) is 0 Å². The maximum atomic E-state index is 12.2. The average Bonchev–Trinajstić information content (AvgIpc) is 3.00. The number of aryl methyl sites for hydroxylation is 1. The molecule has 2 N–H and O–H groups in total. The number of amides is 1. The second-order valence-electron chi connectivity index (χ2n) is 5.98. The molecule has 0 aliphatic heterocycles. The summed E-state index contributed by atoms with van der Waals surface area (Å²) in [7, 11) is 0. The zero-order chi connectivity index (χ0) is 16.1. The van der Waals surface area contributed by atoms with Gasteiger partial charge in [0.15, 0.2) is 5.69 Å². The van der Waals surface area contributed by atoms with Crippen LogP contribution in [0.2, 0.25) is 0 Å². The van der Waals surface area contributed by atoms with Gasteiger partial charge in [-0.15, -0.1) is 0 Å². The summed E-state index contributed by atoms with van der Waals surface area (Å²) in [6, 6.07) is 8.06. The summed E-state index contributed by atoms with van der Waals surface area (Å²) in [5, 5.41) is 13.9. The van der Waals surface area contributed by atoms with E-state index in [4.69, 9.17) is 0 Å². The number of hydrogen-bond acceptors (Lipinski definition) is 4. The first-order chi connectivity index (χ1) is 11.2. The number of aromatic amines is 1. The lowest BCUT2D eigenvalue weighted by Gasteiger charge is -2.21. The third-order valence-corrected chi connectivity index (χ3v) is 5.60. The Bertz CT molecular complexity index is 664. The zero-order valence-electron chi connectivity index (χ0n) is 13.3. The van der Waals surface area contributed by atoms with Crippen LogP contribution in [0.1, 0.15) is 53.8 Å². The number of nitrogens with zero attached hydrogens (tertiary/aromatic N) is 2. The van der Waals surface area contributed by atoms with Crippen molar-refractivity contribution < 1.29 is 4.79 Å². The number of H-pyrrole nitrogens is 1. The maximum absolute atomic E-state index is 12.2. The Morgan fingerprint density at radius 1 is 1.30 bits per heavy atom. The molecule has 6 heteroatoms. The van der Waals surface area contributed by atoms with E-state index in [1.54, 1.807) is 6.92 Å². The van der Waals surface area contributed by atoms with Crippen molar-refractivity contribution in [1.29, 1.82) is 0 Å². The molecular formula is C17H22N4OS. The topological polar surface area (TPSA) is 70.7 Å². The largest absolute Gasteiger partial charge is 0.321 e. The van der Waals surface area contributed by atoms with Crippen LogP contribution in [0.4, 0.5) is 5.69 Å². The van der Waals surface area contributed by atoms with Gasteiger partial charge in [0.1, 0.15) is 0 Å². The van der Waals surface area contributed by atoms with Crippen molar-refractivity contribution >= 4 is 23.4 Å². The van der Waals surface area contributed by atoms with Crippen LogP contribution >= 0.6 is 11.8 Å². The second kappa shape index (κ2) is 7.64. The van der Waals surface area contributed by atoms with E-state index >= 15 is 0 Å². The summed E-state index contributed by atoms with van der Waals surface area (Å²) in [6.45, 7) is 1.76.